The number of rotatable bonds is 11. The van der Waals surface area contributed by atoms with Crippen LogP contribution in [0.3, 0.4) is 0 Å². The molecule has 1 aliphatic carbocycles. The Morgan fingerprint density at radius 2 is 1.82 bits per heavy atom. The Morgan fingerprint density at radius 1 is 1.11 bits per heavy atom. The van der Waals surface area contributed by atoms with Gasteiger partial charge in [0.25, 0.3) is 0 Å². The van der Waals surface area contributed by atoms with E-state index in [0.717, 1.165) is 56.2 Å². The van der Waals surface area contributed by atoms with E-state index < -0.39 is 0 Å². The summed E-state index contributed by atoms with van der Waals surface area (Å²) in [5.41, 5.74) is 1.20. The SMILES string of the molecule is CCNC(=NCCCc1ccc(OC)c(OC)c1)NCCNC(=O)C1CC1.I. The lowest BCUT2D eigenvalue weighted by Gasteiger charge is -2.12. The highest BCUT2D eigenvalue weighted by atomic mass is 127. The van der Waals surface area contributed by atoms with Crippen molar-refractivity contribution >= 4 is 35.8 Å². The van der Waals surface area contributed by atoms with Crippen LogP contribution in [0.2, 0.25) is 0 Å². The minimum Gasteiger partial charge on any atom is -0.493 e. The van der Waals surface area contributed by atoms with Crippen molar-refractivity contribution in [2.45, 2.75) is 32.6 Å². The average molecular weight is 504 g/mol. The average Bonchev–Trinajstić information content (AvgIpc) is 3.53. The van der Waals surface area contributed by atoms with Crippen molar-refractivity contribution in [2.75, 3.05) is 40.4 Å². The minimum absolute atomic E-state index is 0. The standard InChI is InChI=1S/C20H32N4O3.HI/c1-4-21-20(24-13-12-22-19(25)16-8-9-16)23-11-5-6-15-7-10-17(26-2)18(14-15)27-3;/h7,10,14,16H,4-6,8-9,11-13H2,1-3H3,(H,22,25)(H2,21,23,24);1H. The van der Waals surface area contributed by atoms with E-state index in [2.05, 4.69) is 27.0 Å². The number of carbonyl (C=O) groups is 1. The molecule has 0 bridgehead atoms. The van der Waals surface area contributed by atoms with Gasteiger partial charge in [-0.3, -0.25) is 9.79 Å². The first kappa shape index (κ1) is 24.3. The number of nitrogens with one attached hydrogen (secondary N) is 3. The molecule has 158 valence electrons. The predicted molar refractivity (Wildman–Crippen MR) is 123 cm³/mol. The van der Waals surface area contributed by atoms with E-state index in [1.54, 1.807) is 14.2 Å². The molecule has 0 saturated heterocycles. The van der Waals surface area contributed by atoms with Gasteiger partial charge in [0.1, 0.15) is 0 Å². The Bertz CT molecular complexity index is 636. The quantitative estimate of drug-likeness (QED) is 0.187. The van der Waals surface area contributed by atoms with Crippen LogP contribution in [0.4, 0.5) is 0 Å². The normalized spacial score (nSPS) is 13.3. The monoisotopic (exact) mass is 504 g/mol. The van der Waals surface area contributed by atoms with Gasteiger partial charge in [0.2, 0.25) is 5.91 Å². The third-order valence-electron chi connectivity index (χ3n) is 4.35. The molecule has 0 aliphatic heterocycles. The van der Waals surface area contributed by atoms with E-state index in [-0.39, 0.29) is 35.8 Å². The topological polar surface area (TPSA) is 84.0 Å². The van der Waals surface area contributed by atoms with Gasteiger partial charge in [-0.1, -0.05) is 6.07 Å². The first-order valence-corrected chi connectivity index (χ1v) is 9.68. The number of amides is 1. The maximum Gasteiger partial charge on any atom is 0.223 e. The fourth-order valence-electron chi connectivity index (χ4n) is 2.71. The Labute approximate surface area is 185 Å². The van der Waals surface area contributed by atoms with Crippen molar-refractivity contribution in [3.05, 3.63) is 23.8 Å². The predicted octanol–water partition coefficient (Wildman–Crippen LogP) is 2.34. The van der Waals surface area contributed by atoms with E-state index in [9.17, 15) is 4.79 Å². The molecule has 0 aromatic heterocycles. The van der Waals surface area contributed by atoms with Crippen LogP contribution >= 0.6 is 24.0 Å². The van der Waals surface area contributed by atoms with Crippen LogP contribution in [-0.4, -0.2) is 52.3 Å². The first-order valence-electron chi connectivity index (χ1n) is 9.68. The summed E-state index contributed by atoms with van der Waals surface area (Å²) in [4.78, 5) is 16.2. The lowest BCUT2D eigenvalue weighted by Crippen LogP contribution is -2.41. The fourth-order valence-corrected chi connectivity index (χ4v) is 2.71. The number of methoxy groups -OCH3 is 2. The smallest absolute Gasteiger partial charge is 0.223 e. The number of benzene rings is 1. The molecule has 1 amide bonds. The summed E-state index contributed by atoms with van der Waals surface area (Å²) < 4.78 is 10.6. The number of halogens is 1. The third kappa shape index (κ3) is 8.53. The molecule has 1 saturated carbocycles. The van der Waals surface area contributed by atoms with Gasteiger partial charge in [-0.05, 0) is 50.3 Å². The molecule has 1 aromatic rings. The van der Waals surface area contributed by atoms with Crippen molar-refractivity contribution in [3.8, 4) is 11.5 Å². The van der Waals surface area contributed by atoms with Gasteiger partial charge in [0, 0.05) is 32.1 Å². The highest BCUT2D eigenvalue weighted by Crippen LogP contribution is 2.28. The Balaban J connectivity index is 0.00000392. The van der Waals surface area contributed by atoms with Gasteiger partial charge in [0.15, 0.2) is 17.5 Å². The Hall–Kier alpha value is -1.71. The Kier molecular flexibility index (Phi) is 11.7. The second-order valence-corrected chi connectivity index (χ2v) is 6.55. The van der Waals surface area contributed by atoms with Gasteiger partial charge in [0.05, 0.1) is 14.2 Å². The molecule has 2 rings (SSSR count). The van der Waals surface area contributed by atoms with Gasteiger partial charge in [-0.15, -0.1) is 24.0 Å². The van der Waals surface area contributed by atoms with Crippen LogP contribution in [0.25, 0.3) is 0 Å². The zero-order chi connectivity index (χ0) is 19.5. The lowest BCUT2D eigenvalue weighted by atomic mass is 10.1. The van der Waals surface area contributed by atoms with E-state index in [1.165, 1.54) is 5.56 Å². The second-order valence-electron chi connectivity index (χ2n) is 6.55. The minimum atomic E-state index is 0. The molecular weight excluding hydrogens is 471 g/mol. The van der Waals surface area contributed by atoms with Crippen LogP contribution in [0.1, 0.15) is 31.7 Å². The molecule has 0 spiro atoms. The summed E-state index contributed by atoms with van der Waals surface area (Å²) in [6, 6.07) is 5.99. The number of aryl methyl sites for hydroxylation is 1. The van der Waals surface area contributed by atoms with Crippen LogP contribution in [0.5, 0.6) is 11.5 Å². The summed E-state index contributed by atoms with van der Waals surface area (Å²) >= 11 is 0. The summed E-state index contributed by atoms with van der Waals surface area (Å²) in [5.74, 6) is 2.70. The second kappa shape index (κ2) is 13.5. The molecule has 28 heavy (non-hydrogen) atoms. The summed E-state index contributed by atoms with van der Waals surface area (Å²) in [6.45, 7) is 4.84. The molecule has 0 atom stereocenters. The van der Waals surface area contributed by atoms with Gasteiger partial charge in [-0.2, -0.15) is 0 Å². The van der Waals surface area contributed by atoms with Crippen LogP contribution in [0.15, 0.2) is 23.2 Å². The Morgan fingerprint density at radius 3 is 2.46 bits per heavy atom. The number of nitrogens with zero attached hydrogens (tertiary/aromatic N) is 1. The van der Waals surface area contributed by atoms with Crippen molar-refractivity contribution in [1.29, 1.82) is 0 Å². The molecule has 8 heteroatoms. The van der Waals surface area contributed by atoms with Gasteiger partial charge < -0.3 is 25.4 Å². The van der Waals surface area contributed by atoms with Crippen LogP contribution in [0, 0.1) is 5.92 Å². The number of hydrogen-bond donors (Lipinski definition) is 3. The van der Waals surface area contributed by atoms with E-state index in [1.807, 2.05) is 19.1 Å². The van der Waals surface area contributed by atoms with Crippen LogP contribution < -0.4 is 25.4 Å². The lowest BCUT2D eigenvalue weighted by molar-refractivity contribution is -0.122. The first-order chi connectivity index (χ1) is 13.2. The molecule has 7 nitrogen and oxygen atoms in total. The van der Waals surface area contributed by atoms with Crippen molar-refractivity contribution in [1.82, 2.24) is 16.0 Å². The number of guanidine groups is 1. The maximum atomic E-state index is 11.6. The number of carbonyl (C=O) groups excluding carboxylic acids is 1. The van der Waals surface area contributed by atoms with Crippen molar-refractivity contribution < 1.29 is 14.3 Å². The van der Waals surface area contributed by atoms with Gasteiger partial charge in [-0.25, -0.2) is 0 Å². The molecule has 0 heterocycles. The zero-order valence-corrected chi connectivity index (χ0v) is 19.4. The molecular formula is C20H33IN4O3. The zero-order valence-electron chi connectivity index (χ0n) is 17.0. The summed E-state index contributed by atoms with van der Waals surface area (Å²) in [7, 11) is 3.28. The largest absolute Gasteiger partial charge is 0.493 e. The van der Waals surface area contributed by atoms with E-state index in [0.29, 0.717) is 13.1 Å². The summed E-state index contributed by atoms with van der Waals surface area (Å²) in [5, 5.41) is 9.43. The van der Waals surface area contributed by atoms with Gasteiger partial charge >= 0.3 is 0 Å². The number of aliphatic imine (C=N–C) groups is 1. The fraction of sp³-hybridized carbons (Fsp3) is 0.600. The van der Waals surface area contributed by atoms with E-state index >= 15 is 0 Å². The molecule has 3 N–H and O–H groups in total. The molecule has 0 unspecified atom stereocenters. The summed E-state index contributed by atoms with van der Waals surface area (Å²) in [6.07, 6.45) is 3.91. The number of hydrogen-bond acceptors (Lipinski definition) is 4. The highest BCUT2D eigenvalue weighted by molar-refractivity contribution is 14.0. The highest BCUT2D eigenvalue weighted by Gasteiger charge is 2.28. The maximum absolute atomic E-state index is 11.6. The number of ether oxygens (including phenoxy) is 2. The van der Waals surface area contributed by atoms with E-state index in [4.69, 9.17) is 9.47 Å². The third-order valence-corrected chi connectivity index (χ3v) is 4.35. The molecule has 1 aliphatic rings. The molecule has 0 radical (unpaired) electrons. The van der Waals surface area contributed by atoms with Crippen molar-refractivity contribution in [3.63, 3.8) is 0 Å². The molecule has 1 fully saturated rings. The molecule has 1 aromatic carbocycles. The van der Waals surface area contributed by atoms with Crippen molar-refractivity contribution in [2.24, 2.45) is 10.9 Å². The van der Waals surface area contributed by atoms with Crippen LogP contribution in [-0.2, 0) is 11.2 Å².